The first kappa shape index (κ1) is 18.3. The number of ketones is 1. The van der Waals surface area contributed by atoms with E-state index in [0.717, 1.165) is 26.2 Å². The number of hydrogen-bond acceptors (Lipinski definition) is 5. The van der Waals surface area contributed by atoms with E-state index in [1.807, 2.05) is 4.90 Å². The van der Waals surface area contributed by atoms with Gasteiger partial charge in [0.1, 0.15) is 13.2 Å². The number of rotatable bonds is 4. The van der Waals surface area contributed by atoms with Gasteiger partial charge in [-0.2, -0.15) is 0 Å². The Bertz CT molecular complexity index is 759. The number of amides is 1. The maximum atomic E-state index is 12.7. The van der Waals surface area contributed by atoms with Crippen molar-refractivity contribution in [3.05, 3.63) is 23.8 Å². The fourth-order valence-corrected chi connectivity index (χ4v) is 4.93. The summed E-state index contributed by atoms with van der Waals surface area (Å²) in [6.45, 7) is 9.18. The van der Waals surface area contributed by atoms with E-state index in [0.29, 0.717) is 30.3 Å². The van der Waals surface area contributed by atoms with Crippen LogP contribution in [0.5, 0.6) is 11.5 Å². The number of carbonyl (C=O) groups is 2. The van der Waals surface area contributed by atoms with Crippen molar-refractivity contribution >= 4 is 11.7 Å². The highest BCUT2D eigenvalue weighted by Crippen LogP contribution is 2.51. The van der Waals surface area contributed by atoms with Gasteiger partial charge in [0.05, 0.1) is 0 Å². The Labute approximate surface area is 160 Å². The Morgan fingerprint density at radius 2 is 1.59 bits per heavy atom. The molecule has 0 aromatic heterocycles. The number of carbonyl (C=O) groups excluding carboxylic acids is 2. The van der Waals surface area contributed by atoms with Crippen molar-refractivity contribution in [3.63, 3.8) is 0 Å². The summed E-state index contributed by atoms with van der Waals surface area (Å²) < 4.78 is 11.0. The summed E-state index contributed by atoms with van der Waals surface area (Å²) >= 11 is 0. The van der Waals surface area contributed by atoms with Gasteiger partial charge in [-0.15, -0.1) is 0 Å². The first-order valence-corrected chi connectivity index (χ1v) is 9.69. The van der Waals surface area contributed by atoms with E-state index < -0.39 is 0 Å². The fraction of sp³-hybridized carbons (Fsp3) is 0.619. The molecule has 3 aliphatic rings. The van der Waals surface area contributed by atoms with Gasteiger partial charge in [-0.25, -0.2) is 0 Å². The molecule has 0 spiro atoms. The van der Waals surface area contributed by atoms with Crippen LogP contribution in [0, 0.1) is 10.8 Å². The zero-order valence-corrected chi connectivity index (χ0v) is 16.4. The molecule has 2 fully saturated rings. The highest BCUT2D eigenvalue weighted by Gasteiger charge is 2.57. The first-order valence-electron chi connectivity index (χ1n) is 9.69. The molecule has 6 nitrogen and oxygen atoms in total. The lowest BCUT2D eigenvalue weighted by Crippen LogP contribution is -2.34. The smallest absolute Gasteiger partial charge is 0.223 e. The van der Waals surface area contributed by atoms with Gasteiger partial charge in [0.25, 0.3) is 0 Å². The van der Waals surface area contributed by atoms with Gasteiger partial charge in [-0.1, -0.05) is 13.8 Å². The Morgan fingerprint density at radius 3 is 2.26 bits per heavy atom. The van der Waals surface area contributed by atoms with Crippen LogP contribution >= 0.6 is 0 Å². The molecule has 1 amide bonds. The molecule has 2 saturated heterocycles. The van der Waals surface area contributed by atoms with Crippen molar-refractivity contribution < 1.29 is 19.1 Å². The van der Waals surface area contributed by atoms with E-state index in [4.69, 9.17) is 9.47 Å². The van der Waals surface area contributed by atoms with Gasteiger partial charge in [-0.05, 0) is 25.2 Å². The van der Waals surface area contributed by atoms with Gasteiger partial charge < -0.3 is 19.3 Å². The third-order valence-electron chi connectivity index (χ3n) is 6.56. The Morgan fingerprint density at radius 1 is 0.963 bits per heavy atom. The zero-order valence-electron chi connectivity index (χ0n) is 16.4. The van der Waals surface area contributed by atoms with Crippen molar-refractivity contribution in [2.24, 2.45) is 10.8 Å². The van der Waals surface area contributed by atoms with Crippen LogP contribution < -0.4 is 9.47 Å². The maximum Gasteiger partial charge on any atom is 0.223 e. The van der Waals surface area contributed by atoms with Crippen LogP contribution in [0.25, 0.3) is 0 Å². The summed E-state index contributed by atoms with van der Waals surface area (Å²) in [5.74, 6) is 1.33. The quantitative estimate of drug-likeness (QED) is 0.759. The molecule has 3 aliphatic heterocycles. The van der Waals surface area contributed by atoms with Gasteiger partial charge in [0.15, 0.2) is 17.3 Å². The number of ether oxygens (including phenoxy) is 2. The Hall–Kier alpha value is -2.08. The fourth-order valence-electron chi connectivity index (χ4n) is 4.93. The second-order valence-corrected chi connectivity index (χ2v) is 8.83. The average molecular weight is 372 g/mol. The van der Waals surface area contributed by atoms with Crippen LogP contribution in [0.1, 0.15) is 37.0 Å². The third-order valence-corrected chi connectivity index (χ3v) is 6.56. The van der Waals surface area contributed by atoms with Gasteiger partial charge in [-0.3, -0.25) is 9.59 Å². The lowest BCUT2D eigenvalue weighted by Gasteiger charge is -2.30. The largest absolute Gasteiger partial charge is 0.486 e. The summed E-state index contributed by atoms with van der Waals surface area (Å²) in [5, 5.41) is 0. The van der Waals surface area contributed by atoms with E-state index >= 15 is 0 Å². The summed E-state index contributed by atoms with van der Waals surface area (Å²) in [5.41, 5.74) is 0.847. The molecule has 27 heavy (non-hydrogen) atoms. The molecule has 0 aliphatic carbocycles. The molecule has 146 valence electrons. The van der Waals surface area contributed by atoms with E-state index in [2.05, 4.69) is 25.8 Å². The normalized spacial score (nSPS) is 29.7. The number of Topliss-reactive ketones (excluding diaryl/α,β-unsaturated/α-hetero) is 1. The second-order valence-electron chi connectivity index (χ2n) is 8.83. The molecule has 4 rings (SSSR count). The minimum absolute atomic E-state index is 0.0307. The Kier molecular flexibility index (Phi) is 4.41. The van der Waals surface area contributed by atoms with Crippen molar-refractivity contribution in [1.29, 1.82) is 0 Å². The van der Waals surface area contributed by atoms with E-state index in [-0.39, 0.29) is 35.4 Å². The predicted molar refractivity (Wildman–Crippen MR) is 101 cm³/mol. The van der Waals surface area contributed by atoms with Crippen molar-refractivity contribution in [3.8, 4) is 11.5 Å². The van der Waals surface area contributed by atoms with Gasteiger partial charge >= 0.3 is 0 Å². The minimum atomic E-state index is -0.0307. The van der Waals surface area contributed by atoms with E-state index in [1.54, 1.807) is 18.2 Å². The Balaban J connectivity index is 1.35. The average Bonchev–Trinajstić information content (AvgIpc) is 3.01. The number of nitrogens with zero attached hydrogens (tertiary/aromatic N) is 2. The van der Waals surface area contributed by atoms with E-state index in [1.165, 1.54) is 0 Å². The highest BCUT2D eigenvalue weighted by molar-refractivity contribution is 5.98. The van der Waals surface area contributed by atoms with Crippen LogP contribution in [-0.2, 0) is 4.79 Å². The monoisotopic (exact) mass is 372 g/mol. The lowest BCUT2D eigenvalue weighted by molar-refractivity contribution is -0.130. The van der Waals surface area contributed by atoms with Gasteiger partial charge in [0, 0.05) is 55.4 Å². The first-order chi connectivity index (χ1) is 12.8. The molecular weight excluding hydrogens is 344 g/mol. The van der Waals surface area contributed by atoms with Crippen molar-refractivity contribution in [1.82, 2.24) is 9.80 Å². The third kappa shape index (κ3) is 3.20. The summed E-state index contributed by atoms with van der Waals surface area (Å²) in [6, 6.07) is 5.24. The van der Waals surface area contributed by atoms with Crippen LogP contribution in [0.3, 0.4) is 0 Å². The molecule has 2 unspecified atom stereocenters. The SMILES string of the molecule is CN1CC2(C)CN(C(=O)CCC(=O)c3ccc4c(c3)OCCO4)CC2(C)C1. The molecule has 0 saturated carbocycles. The molecular formula is C21H28N2O4. The molecule has 2 atom stereocenters. The molecule has 6 heteroatoms. The van der Waals surface area contributed by atoms with E-state index in [9.17, 15) is 9.59 Å². The number of fused-ring (bicyclic) bond motifs is 2. The molecule has 0 radical (unpaired) electrons. The molecule has 0 N–H and O–H groups in total. The van der Waals surface area contributed by atoms with Crippen LogP contribution in [0.2, 0.25) is 0 Å². The van der Waals surface area contributed by atoms with Crippen molar-refractivity contribution in [2.45, 2.75) is 26.7 Å². The van der Waals surface area contributed by atoms with Gasteiger partial charge in [0.2, 0.25) is 5.91 Å². The summed E-state index contributed by atoms with van der Waals surface area (Å²) in [6.07, 6.45) is 0.484. The van der Waals surface area contributed by atoms with Crippen LogP contribution in [0.4, 0.5) is 0 Å². The number of likely N-dealkylation sites (tertiary alicyclic amines) is 2. The highest BCUT2D eigenvalue weighted by atomic mass is 16.6. The summed E-state index contributed by atoms with van der Waals surface area (Å²) in [7, 11) is 2.15. The second kappa shape index (κ2) is 6.51. The number of hydrogen-bond donors (Lipinski definition) is 0. The zero-order chi connectivity index (χ0) is 19.2. The van der Waals surface area contributed by atoms with Crippen molar-refractivity contribution in [2.75, 3.05) is 46.4 Å². The molecule has 3 heterocycles. The predicted octanol–water partition coefficient (Wildman–Crippen LogP) is 2.22. The lowest BCUT2D eigenvalue weighted by atomic mass is 9.71. The summed E-state index contributed by atoms with van der Waals surface area (Å²) in [4.78, 5) is 29.6. The standard InChI is InChI=1S/C21H28N2O4/c1-20-11-22(3)12-21(20,2)14-23(13-20)19(25)7-5-16(24)15-4-6-17-18(10-15)27-9-8-26-17/h4,6,10H,5,7-9,11-14H2,1-3H3. The molecule has 0 bridgehead atoms. The molecule has 1 aromatic carbocycles. The maximum absolute atomic E-state index is 12.7. The van der Waals surface area contributed by atoms with Crippen LogP contribution in [-0.4, -0.2) is 67.9 Å². The topological polar surface area (TPSA) is 59.1 Å². The number of benzene rings is 1. The van der Waals surface area contributed by atoms with Crippen LogP contribution in [0.15, 0.2) is 18.2 Å². The minimum Gasteiger partial charge on any atom is -0.486 e. The molecule has 1 aromatic rings.